The number of rotatable bonds is 3. The van der Waals surface area contributed by atoms with Crippen molar-refractivity contribution in [3.05, 3.63) is 27.8 Å². The highest BCUT2D eigenvalue weighted by atomic mass is 127. The highest BCUT2D eigenvalue weighted by Gasteiger charge is 2.26. The number of carbonyl (C=O) groups excluding carboxylic acids is 1. The van der Waals surface area contributed by atoms with Gasteiger partial charge < -0.3 is 5.32 Å². The molecular weight excluding hydrogens is 371 g/mol. The lowest BCUT2D eigenvalue weighted by Gasteiger charge is -2.36. The van der Waals surface area contributed by atoms with Crippen LogP contribution in [0.25, 0.3) is 0 Å². The molecule has 5 heteroatoms. The SMILES string of the molecule is CC1SCCN(CC(=O)Nc2ccc(I)cc2)C1C. The van der Waals surface area contributed by atoms with Gasteiger partial charge in [-0.3, -0.25) is 9.69 Å². The van der Waals surface area contributed by atoms with Crippen LogP contribution < -0.4 is 5.32 Å². The zero-order valence-electron chi connectivity index (χ0n) is 11.2. The molecule has 0 aromatic heterocycles. The molecule has 0 radical (unpaired) electrons. The minimum atomic E-state index is 0.0761. The minimum absolute atomic E-state index is 0.0761. The Kier molecular flexibility index (Phi) is 5.53. The maximum Gasteiger partial charge on any atom is 0.238 e. The second kappa shape index (κ2) is 6.95. The summed E-state index contributed by atoms with van der Waals surface area (Å²) < 4.78 is 1.17. The fourth-order valence-corrected chi connectivity index (χ4v) is 3.66. The number of halogens is 1. The van der Waals surface area contributed by atoms with Gasteiger partial charge >= 0.3 is 0 Å². The molecule has 1 saturated heterocycles. The van der Waals surface area contributed by atoms with Gasteiger partial charge in [-0.2, -0.15) is 11.8 Å². The highest BCUT2D eigenvalue weighted by Crippen LogP contribution is 2.23. The number of nitrogens with one attached hydrogen (secondary N) is 1. The number of anilines is 1. The van der Waals surface area contributed by atoms with Crippen molar-refractivity contribution in [2.24, 2.45) is 0 Å². The van der Waals surface area contributed by atoms with Crippen LogP contribution in [0.2, 0.25) is 0 Å². The molecule has 3 nitrogen and oxygen atoms in total. The molecule has 2 rings (SSSR count). The topological polar surface area (TPSA) is 32.3 Å². The van der Waals surface area contributed by atoms with Crippen molar-refractivity contribution >= 4 is 45.9 Å². The van der Waals surface area contributed by atoms with E-state index in [4.69, 9.17) is 0 Å². The largest absolute Gasteiger partial charge is 0.325 e. The van der Waals surface area contributed by atoms with E-state index in [9.17, 15) is 4.79 Å². The van der Waals surface area contributed by atoms with E-state index in [1.807, 2.05) is 36.0 Å². The Balaban J connectivity index is 1.88. The second-order valence-electron chi connectivity index (χ2n) is 4.84. The summed E-state index contributed by atoms with van der Waals surface area (Å²) in [6.07, 6.45) is 0. The van der Waals surface area contributed by atoms with E-state index in [1.54, 1.807) is 0 Å². The molecule has 0 saturated carbocycles. The fraction of sp³-hybridized carbons (Fsp3) is 0.500. The van der Waals surface area contributed by atoms with Crippen LogP contribution >= 0.6 is 34.4 Å². The fourth-order valence-electron chi connectivity index (χ4n) is 2.14. The van der Waals surface area contributed by atoms with Crippen LogP contribution in [-0.4, -0.2) is 40.9 Å². The van der Waals surface area contributed by atoms with E-state index in [0.29, 0.717) is 17.8 Å². The van der Waals surface area contributed by atoms with E-state index in [-0.39, 0.29) is 5.91 Å². The van der Waals surface area contributed by atoms with Crippen LogP contribution in [0.3, 0.4) is 0 Å². The average Bonchev–Trinajstić information content (AvgIpc) is 2.38. The summed E-state index contributed by atoms with van der Waals surface area (Å²) in [5.74, 6) is 1.19. The molecule has 0 bridgehead atoms. The summed E-state index contributed by atoms with van der Waals surface area (Å²) in [4.78, 5) is 14.3. The molecule has 1 aromatic rings. The zero-order valence-corrected chi connectivity index (χ0v) is 14.2. The quantitative estimate of drug-likeness (QED) is 0.806. The highest BCUT2D eigenvalue weighted by molar-refractivity contribution is 14.1. The van der Waals surface area contributed by atoms with Crippen LogP contribution in [0.5, 0.6) is 0 Å². The van der Waals surface area contributed by atoms with Crippen molar-refractivity contribution in [3.63, 3.8) is 0 Å². The Labute approximate surface area is 132 Å². The number of hydrogen-bond acceptors (Lipinski definition) is 3. The molecule has 1 aliphatic heterocycles. The standard InChI is InChI=1S/C14H19IN2OS/c1-10-11(2)19-8-7-17(10)9-14(18)16-13-5-3-12(15)4-6-13/h3-6,10-11H,7-9H2,1-2H3,(H,16,18). The van der Waals surface area contributed by atoms with E-state index in [2.05, 4.69) is 46.7 Å². The first-order valence-electron chi connectivity index (χ1n) is 6.47. The van der Waals surface area contributed by atoms with Gasteiger partial charge in [0.15, 0.2) is 0 Å². The van der Waals surface area contributed by atoms with Crippen molar-refractivity contribution < 1.29 is 4.79 Å². The first-order chi connectivity index (χ1) is 9.06. The first kappa shape index (κ1) is 15.1. The Hall–Kier alpha value is -0.270. The van der Waals surface area contributed by atoms with Gasteiger partial charge in [-0.25, -0.2) is 0 Å². The molecule has 1 heterocycles. The average molecular weight is 390 g/mol. The first-order valence-corrected chi connectivity index (χ1v) is 8.60. The predicted molar refractivity (Wildman–Crippen MR) is 90.7 cm³/mol. The summed E-state index contributed by atoms with van der Waals surface area (Å²) in [5.41, 5.74) is 0.873. The van der Waals surface area contributed by atoms with Gasteiger partial charge in [0.05, 0.1) is 6.54 Å². The van der Waals surface area contributed by atoms with Gasteiger partial charge in [0.1, 0.15) is 0 Å². The normalized spacial score (nSPS) is 24.2. The summed E-state index contributed by atoms with van der Waals surface area (Å²) in [6.45, 7) is 5.92. The maximum atomic E-state index is 12.1. The van der Waals surface area contributed by atoms with Gasteiger partial charge in [0, 0.05) is 32.8 Å². The van der Waals surface area contributed by atoms with Crippen molar-refractivity contribution in [1.29, 1.82) is 0 Å². The molecule has 0 aliphatic carbocycles. The molecular formula is C14H19IN2OS. The van der Waals surface area contributed by atoms with E-state index in [0.717, 1.165) is 18.0 Å². The van der Waals surface area contributed by atoms with Crippen LogP contribution in [0.15, 0.2) is 24.3 Å². The zero-order chi connectivity index (χ0) is 13.8. The van der Waals surface area contributed by atoms with Crippen LogP contribution in [-0.2, 0) is 4.79 Å². The van der Waals surface area contributed by atoms with Crippen molar-refractivity contribution in [2.45, 2.75) is 25.1 Å². The third-order valence-corrected chi connectivity index (χ3v) is 5.55. The van der Waals surface area contributed by atoms with Crippen LogP contribution in [0.1, 0.15) is 13.8 Å². The van der Waals surface area contributed by atoms with Crippen LogP contribution in [0, 0.1) is 3.57 Å². The molecule has 0 spiro atoms. The summed E-state index contributed by atoms with van der Waals surface area (Å²) in [6, 6.07) is 8.34. The molecule has 1 fully saturated rings. The number of hydrogen-bond donors (Lipinski definition) is 1. The maximum absolute atomic E-state index is 12.1. The van der Waals surface area contributed by atoms with Crippen molar-refractivity contribution in [1.82, 2.24) is 4.90 Å². The summed E-state index contributed by atoms with van der Waals surface area (Å²) >= 11 is 4.24. The van der Waals surface area contributed by atoms with E-state index >= 15 is 0 Å². The molecule has 2 unspecified atom stereocenters. The Morgan fingerprint density at radius 1 is 1.42 bits per heavy atom. The third-order valence-electron chi connectivity index (χ3n) is 3.49. The lowest BCUT2D eigenvalue weighted by Crippen LogP contribution is -2.47. The number of amides is 1. The molecule has 1 amide bonds. The van der Waals surface area contributed by atoms with Gasteiger partial charge in [0.25, 0.3) is 0 Å². The lowest BCUT2D eigenvalue weighted by atomic mass is 10.2. The van der Waals surface area contributed by atoms with Gasteiger partial charge in [0.2, 0.25) is 5.91 Å². The third kappa shape index (κ3) is 4.36. The summed E-state index contributed by atoms with van der Waals surface area (Å²) in [7, 11) is 0. The Bertz CT molecular complexity index is 438. The Morgan fingerprint density at radius 3 is 2.79 bits per heavy atom. The monoisotopic (exact) mass is 390 g/mol. The number of carbonyl (C=O) groups is 1. The van der Waals surface area contributed by atoms with Gasteiger partial charge in [-0.15, -0.1) is 0 Å². The Morgan fingerprint density at radius 2 is 2.11 bits per heavy atom. The smallest absolute Gasteiger partial charge is 0.238 e. The summed E-state index contributed by atoms with van der Waals surface area (Å²) in [5, 5.41) is 3.56. The lowest BCUT2D eigenvalue weighted by molar-refractivity contribution is -0.117. The molecule has 104 valence electrons. The second-order valence-corrected chi connectivity index (χ2v) is 7.57. The molecule has 1 aromatic carbocycles. The molecule has 2 atom stereocenters. The van der Waals surface area contributed by atoms with Gasteiger partial charge in [-0.1, -0.05) is 6.92 Å². The number of nitrogens with zero attached hydrogens (tertiary/aromatic N) is 1. The molecule has 19 heavy (non-hydrogen) atoms. The van der Waals surface area contributed by atoms with E-state index < -0.39 is 0 Å². The number of benzene rings is 1. The predicted octanol–water partition coefficient (Wildman–Crippen LogP) is 3.06. The van der Waals surface area contributed by atoms with Crippen LogP contribution in [0.4, 0.5) is 5.69 Å². The number of thioether (sulfide) groups is 1. The molecule has 1 N–H and O–H groups in total. The minimum Gasteiger partial charge on any atom is -0.325 e. The molecule has 1 aliphatic rings. The van der Waals surface area contributed by atoms with Crippen molar-refractivity contribution in [2.75, 3.05) is 24.2 Å². The van der Waals surface area contributed by atoms with E-state index in [1.165, 1.54) is 3.57 Å². The van der Waals surface area contributed by atoms with Crippen molar-refractivity contribution in [3.8, 4) is 0 Å². The van der Waals surface area contributed by atoms with Gasteiger partial charge in [-0.05, 0) is 53.8 Å².